The molecule has 1 atom stereocenters. The molecule has 4 heteroatoms. The molecule has 0 saturated heterocycles. The predicted molar refractivity (Wildman–Crippen MR) is 56.4 cm³/mol. The molecule has 0 bridgehead atoms. The standard InChI is InChI=1S/C11H19NO3/c1-7(10(2,3)4)12-8(13)11(5-6-11)9(14)15/h7H,5-6H2,1-4H3,(H,12,13)(H,14,15). The van der Waals surface area contributed by atoms with Crippen molar-refractivity contribution in [2.45, 2.75) is 46.6 Å². The molecule has 1 unspecified atom stereocenters. The highest BCUT2D eigenvalue weighted by atomic mass is 16.4. The quantitative estimate of drug-likeness (QED) is 0.696. The van der Waals surface area contributed by atoms with Gasteiger partial charge in [-0.25, -0.2) is 0 Å². The Labute approximate surface area is 90.0 Å². The maximum absolute atomic E-state index is 11.7. The Morgan fingerprint density at radius 2 is 1.80 bits per heavy atom. The van der Waals surface area contributed by atoms with E-state index in [0.717, 1.165) is 0 Å². The Balaban J connectivity index is 2.61. The van der Waals surface area contributed by atoms with Crippen molar-refractivity contribution >= 4 is 11.9 Å². The summed E-state index contributed by atoms with van der Waals surface area (Å²) >= 11 is 0. The molecule has 0 radical (unpaired) electrons. The van der Waals surface area contributed by atoms with Crippen LogP contribution in [-0.4, -0.2) is 23.0 Å². The molecule has 1 amide bonds. The van der Waals surface area contributed by atoms with E-state index in [2.05, 4.69) is 5.32 Å². The first-order chi connectivity index (χ1) is 6.70. The Morgan fingerprint density at radius 1 is 1.33 bits per heavy atom. The number of hydrogen-bond donors (Lipinski definition) is 2. The van der Waals surface area contributed by atoms with Gasteiger partial charge < -0.3 is 10.4 Å². The fraction of sp³-hybridized carbons (Fsp3) is 0.818. The summed E-state index contributed by atoms with van der Waals surface area (Å²) in [7, 11) is 0. The molecule has 1 aliphatic carbocycles. The zero-order chi connectivity index (χ0) is 11.9. The van der Waals surface area contributed by atoms with Crippen LogP contribution in [0.25, 0.3) is 0 Å². The molecule has 0 aromatic heterocycles. The third-order valence-electron chi connectivity index (χ3n) is 3.24. The van der Waals surface area contributed by atoms with E-state index in [1.165, 1.54) is 0 Å². The van der Waals surface area contributed by atoms with Gasteiger partial charge in [0.15, 0.2) is 0 Å². The molecule has 0 spiro atoms. The summed E-state index contributed by atoms with van der Waals surface area (Å²) in [6.07, 6.45) is 0.927. The van der Waals surface area contributed by atoms with Crippen molar-refractivity contribution in [2.24, 2.45) is 10.8 Å². The van der Waals surface area contributed by atoms with E-state index in [1.54, 1.807) is 0 Å². The van der Waals surface area contributed by atoms with Crippen LogP contribution in [0.3, 0.4) is 0 Å². The molecule has 1 fully saturated rings. The Kier molecular flexibility index (Phi) is 2.81. The highest BCUT2D eigenvalue weighted by Crippen LogP contribution is 2.46. The summed E-state index contributed by atoms with van der Waals surface area (Å²) in [6.45, 7) is 7.94. The van der Waals surface area contributed by atoms with Gasteiger partial charge in [-0.1, -0.05) is 20.8 Å². The second-order valence-corrected chi connectivity index (χ2v) is 5.45. The number of carbonyl (C=O) groups excluding carboxylic acids is 1. The van der Waals surface area contributed by atoms with E-state index in [-0.39, 0.29) is 17.4 Å². The summed E-state index contributed by atoms with van der Waals surface area (Å²) in [6, 6.07) is -0.0261. The van der Waals surface area contributed by atoms with Gasteiger partial charge in [0.25, 0.3) is 0 Å². The fourth-order valence-corrected chi connectivity index (χ4v) is 1.21. The molecule has 15 heavy (non-hydrogen) atoms. The lowest BCUT2D eigenvalue weighted by Gasteiger charge is -2.29. The molecule has 0 aromatic carbocycles. The Morgan fingerprint density at radius 3 is 2.07 bits per heavy atom. The highest BCUT2D eigenvalue weighted by molar-refractivity contribution is 6.04. The minimum Gasteiger partial charge on any atom is -0.480 e. The number of hydrogen-bond acceptors (Lipinski definition) is 2. The van der Waals surface area contributed by atoms with Crippen LogP contribution in [0.5, 0.6) is 0 Å². The van der Waals surface area contributed by atoms with Gasteiger partial charge >= 0.3 is 5.97 Å². The average Bonchev–Trinajstić information content (AvgIpc) is 2.81. The molecular formula is C11H19NO3. The van der Waals surface area contributed by atoms with Crippen LogP contribution in [0.2, 0.25) is 0 Å². The Bertz CT molecular complexity index is 287. The number of amides is 1. The maximum atomic E-state index is 11.7. The number of rotatable bonds is 3. The Hall–Kier alpha value is -1.06. The first kappa shape index (κ1) is 12.0. The zero-order valence-corrected chi connectivity index (χ0v) is 9.76. The lowest BCUT2D eigenvalue weighted by molar-refractivity contribution is -0.149. The normalized spacial score (nSPS) is 20.5. The van der Waals surface area contributed by atoms with Crippen LogP contribution in [0.4, 0.5) is 0 Å². The SMILES string of the molecule is CC(NC(=O)C1(C(=O)O)CC1)C(C)(C)C. The molecule has 86 valence electrons. The highest BCUT2D eigenvalue weighted by Gasteiger charge is 2.57. The van der Waals surface area contributed by atoms with Crippen molar-refractivity contribution in [1.29, 1.82) is 0 Å². The van der Waals surface area contributed by atoms with Crippen molar-refractivity contribution in [3.8, 4) is 0 Å². The lowest BCUT2D eigenvalue weighted by atomic mass is 9.87. The van der Waals surface area contributed by atoms with Crippen LogP contribution in [0.15, 0.2) is 0 Å². The molecule has 4 nitrogen and oxygen atoms in total. The molecule has 0 aliphatic heterocycles. The molecule has 1 saturated carbocycles. The minimum atomic E-state index is -1.13. The van der Waals surface area contributed by atoms with E-state index < -0.39 is 11.4 Å². The number of nitrogens with one attached hydrogen (secondary N) is 1. The molecule has 0 aromatic rings. The molecule has 1 rings (SSSR count). The summed E-state index contributed by atoms with van der Waals surface area (Å²) in [5.74, 6) is -1.33. The van der Waals surface area contributed by atoms with E-state index in [1.807, 2.05) is 27.7 Å². The van der Waals surface area contributed by atoms with Gasteiger partial charge in [-0.05, 0) is 25.2 Å². The second-order valence-electron chi connectivity index (χ2n) is 5.45. The average molecular weight is 213 g/mol. The maximum Gasteiger partial charge on any atom is 0.319 e. The van der Waals surface area contributed by atoms with Crippen LogP contribution < -0.4 is 5.32 Å². The smallest absolute Gasteiger partial charge is 0.319 e. The van der Waals surface area contributed by atoms with Crippen molar-refractivity contribution in [1.82, 2.24) is 5.32 Å². The van der Waals surface area contributed by atoms with Crippen molar-refractivity contribution < 1.29 is 14.7 Å². The van der Waals surface area contributed by atoms with Gasteiger partial charge in [0.2, 0.25) is 5.91 Å². The summed E-state index contributed by atoms with van der Waals surface area (Å²) < 4.78 is 0. The fourth-order valence-electron chi connectivity index (χ4n) is 1.21. The first-order valence-electron chi connectivity index (χ1n) is 5.24. The summed E-state index contributed by atoms with van der Waals surface area (Å²) in [5.41, 5.74) is -1.18. The van der Waals surface area contributed by atoms with E-state index >= 15 is 0 Å². The summed E-state index contributed by atoms with van der Waals surface area (Å²) in [4.78, 5) is 22.6. The van der Waals surface area contributed by atoms with Gasteiger partial charge in [0, 0.05) is 6.04 Å². The summed E-state index contributed by atoms with van der Waals surface area (Å²) in [5, 5.41) is 11.7. The lowest BCUT2D eigenvalue weighted by Crippen LogP contribution is -2.46. The van der Waals surface area contributed by atoms with E-state index in [0.29, 0.717) is 12.8 Å². The molecule has 2 N–H and O–H groups in total. The molecule has 1 aliphatic rings. The second kappa shape index (κ2) is 3.51. The van der Waals surface area contributed by atoms with E-state index in [4.69, 9.17) is 5.11 Å². The number of carboxylic acids is 1. The minimum absolute atomic E-state index is 0.0261. The van der Waals surface area contributed by atoms with Gasteiger partial charge in [0.05, 0.1) is 0 Å². The number of carbonyl (C=O) groups is 2. The number of aliphatic carboxylic acids is 1. The van der Waals surface area contributed by atoms with E-state index in [9.17, 15) is 9.59 Å². The topological polar surface area (TPSA) is 66.4 Å². The van der Waals surface area contributed by atoms with Crippen LogP contribution in [0.1, 0.15) is 40.5 Å². The van der Waals surface area contributed by atoms with Crippen molar-refractivity contribution in [2.75, 3.05) is 0 Å². The van der Waals surface area contributed by atoms with Crippen molar-refractivity contribution in [3.63, 3.8) is 0 Å². The largest absolute Gasteiger partial charge is 0.480 e. The predicted octanol–water partition coefficient (Wildman–Crippen LogP) is 1.40. The molecular weight excluding hydrogens is 194 g/mol. The number of carboxylic acid groups (broad SMARTS) is 1. The monoisotopic (exact) mass is 213 g/mol. The van der Waals surface area contributed by atoms with Gasteiger partial charge in [-0.2, -0.15) is 0 Å². The van der Waals surface area contributed by atoms with Crippen LogP contribution in [-0.2, 0) is 9.59 Å². The van der Waals surface area contributed by atoms with Crippen LogP contribution in [0, 0.1) is 10.8 Å². The van der Waals surface area contributed by atoms with Gasteiger partial charge in [0.1, 0.15) is 5.41 Å². The van der Waals surface area contributed by atoms with Gasteiger partial charge in [-0.3, -0.25) is 9.59 Å². The molecule has 0 heterocycles. The third kappa shape index (κ3) is 2.30. The zero-order valence-electron chi connectivity index (χ0n) is 9.76. The first-order valence-corrected chi connectivity index (χ1v) is 5.24. The van der Waals surface area contributed by atoms with Crippen LogP contribution >= 0.6 is 0 Å². The van der Waals surface area contributed by atoms with Gasteiger partial charge in [-0.15, -0.1) is 0 Å². The van der Waals surface area contributed by atoms with Crippen molar-refractivity contribution in [3.05, 3.63) is 0 Å². The third-order valence-corrected chi connectivity index (χ3v) is 3.24.